The monoisotopic (exact) mass is 268 g/mol. The first-order valence-corrected chi connectivity index (χ1v) is 6.52. The van der Waals surface area contributed by atoms with E-state index in [1.165, 1.54) is 4.88 Å². The van der Waals surface area contributed by atoms with Crippen LogP contribution in [0.3, 0.4) is 0 Å². The van der Waals surface area contributed by atoms with Crippen LogP contribution in [-0.4, -0.2) is 23.6 Å². The lowest BCUT2D eigenvalue weighted by Gasteiger charge is -2.07. The standard InChI is InChI=1S/C11H13ClN4S/c1-13-11-15-7-9(12)10(16-11)14-5-4-8-3-2-6-17-8/h2-3,6-7H,4-5H2,1H3,(H2,13,14,15,16). The molecule has 0 aliphatic carbocycles. The lowest BCUT2D eigenvalue weighted by molar-refractivity contribution is 1.02. The lowest BCUT2D eigenvalue weighted by atomic mass is 10.3. The summed E-state index contributed by atoms with van der Waals surface area (Å²) >= 11 is 7.75. The highest BCUT2D eigenvalue weighted by Gasteiger charge is 2.03. The van der Waals surface area contributed by atoms with Crippen LogP contribution in [0.2, 0.25) is 5.02 Å². The highest BCUT2D eigenvalue weighted by molar-refractivity contribution is 7.09. The normalized spacial score (nSPS) is 10.2. The molecule has 2 N–H and O–H groups in total. The molecular formula is C11H13ClN4S. The molecule has 0 saturated heterocycles. The fourth-order valence-electron chi connectivity index (χ4n) is 1.37. The molecule has 17 heavy (non-hydrogen) atoms. The minimum Gasteiger partial charge on any atom is -0.368 e. The number of halogens is 1. The van der Waals surface area contributed by atoms with Gasteiger partial charge in [0.1, 0.15) is 10.8 Å². The maximum absolute atomic E-state index is 6.00. The van der Waals surface area contributed by atoms with Crippen LogP contribution in [0.15, 0.2) is 23.7 Å². The molecule has 0 amide bonds. The molecule has 0 bridgehead atoms. The molecular weight excluding hydrogens is 256 g/mol. The summed E-state index contributed by atoms with van der Waals surface area (Å²) in [5.41, 5.74) is 0. The Labute approximate surface area is 109 Å². The zero-order valence-electron chi connectivity index (χ0n) is 9.40. The SMILES string of the molecule is CNc1ncc(Cl)c(NCCc2cccs2)n1. The summed E-state index contributed by atoms with van der Waals surface area (Å²) in [6.45, 7) is 0.806. The number of nitrogens with zero attached hydrogens (tertiary/aromatic N) is 2. The van der Waals surface area contributed by atoms with Crippen LogP contribution < -0.4 is 10.6 Å². The van der Waals surface area contributed by atoms with Gasteiger partial charge in [0.15, 0.2) is 0 Å². The van der Waals surface area contributed by atoms with E-state index in [0.29, 0.717) is 16.8 Å². The van der Waals surface area contributed by atoms with Crippen LogP contribution in [0, 0.1) is 0 Å². The zero-order chi connectivity index (χ0) is 12.1. The van der Waals surface area contributed by atoms with Crippen molar-refractivity contribution >= 4 is 34.7 Å². The van der Waals surface area contributed by atoms with Crippen LogP contribution >= 0.6 is 22.9 Å². The van der Waals surface area contributed by atoms with Crippen LogP contribution in [0.4, 0.5) is 11.8 Å². The van der Waals surface area contributed by atoms with Crippen molar-refractivity contribution in [3.63, 3.8) is 0 Å². The van der Waals surface area contributed by atoms with E-state index < -0.39 is 0 Å². The molecule has 0 fully saturated rings. The molecule has 2 heterocycles. The fraction of sp³-hybridized carbons (Fsp3) is 0.273. The van der Waals surface area contributed by atoms with Crippen LogP contribution in [0.25, 0.3) is 0 Å². The van der Waals surface area contributed by atoms with Crippen LogP contribution in [0.5, 0.6) is 0 Å². The van der Waals surface area contributed by atoms with Gasteiger partial charge in [0, 0.05) is 18.5 Å². The van der Waals surface area contributed by atoms with Crippen LogP contribution in [-0.2, 0) is 6.42 Å². The van der Waals surface area contributed by atoms with E-state index in [-0.39, 0.29) is 0 Å². The van der Waals surface area contributed by atoms with Gasteiger partial charge in [-0.15, -0.1) is 11.3 Å². The number of aromatic nitrogens is 2. The first-order chi connectivity index (χ1) is 8.29. The summed E-state index contributed by atoms with van der Waals surface area (Å²) in [5, 5.41) is 8.70. The van der Waals surface area contributed by atoms with Gasteiger partial charge in [-0.3, -0.25) is 0 Å². The number of rotatable bonds is 5. The zero-order valence-corrected chi connectivity index (χ0v) is 11.0. The third kappa shape index (κ3) is 3.31. The van der Waals surface area contributed by atoms with Crippen molar-refractivity contribution in [3.8, 4) is 0 Å². The highest BCUT2D eigenvalue weighted by Crippen LogP contribution is 2.19. The number of nitrogens with one attached hydrogen (secondary N) is 2. The summed E-state index contributed by atoms with van der Waals surface area (Å²) in [5.74, 6) is 1.23. The molecule has 0 radical (unpaired) electrons. The minimum absolute atomic E-state index is 0.537. The first kappa shape index (κ1) is 12.1. The third-order valence-corrected chi connectivity index (χ3v) is 3.42. The van der Waals surface area contributed by atoms with Gasteiger partial charge in [-0.2, -0.15) is 4.98 Å². The summed E-state index contributed by atoms with van der Waals surface area (Å²) in [4.78, 5) is 9.62. The molecule has 4 nitrogen and oxygen atoms in total. The van der Waals surface area contributed by atoms with E-state index in [1.54, 1.807) is 24.6 Å². The quantitative estimate of drug-likeness (QED) is 0.876. The predicted octanol–water partition coefficient (Wildman–Crippen LogP) is 2.89. The lowest BCUT2D eigenvalue weighted by Crippen LogP contribution is -2.08. The Morgan fingerprint density at radius 3 is 3.06 bits per heavy atom. The molecule has 0 spiro atoms. The van der Waals surface area contributed by atoms with E-state index in [2.05, 4.69) is 38.1 Å². The fourth-order valence-corrected chi connectivity index (χ4v) is 2.24. The van der Waals surface area contributed by atoms with Crippen molar-refractivity contribution in [1.82, 2.24) is 9.97 Å². The molecule has 0 unspecified atom stereocenters. The van der Waals surface area contributed by atoms with E-state index in [4.69, 9.17) is 11.6 Å². The molecule has 90 valence electrons. The molecule has 0 saturated carbocycles. The average molecular weight is 269 g/mol. The Bertz CT molecular complexity index is 472. The summed E-state index contributed by atoms with van der Waals surface area (Å²) in [7, 11) is 1.78. The van der Waals surface area contributed by atoms with Crippen molar-refractivity contribution < 1.29 is 0 Å². The molecule has 2 aromatic heterocycles. The van der Waals surface area contributed by atoms with Crippen molar-refractivity contribution in [1.29, 1.82) is 0 Å². The maximum Gasteiger partial charge on any atom is 0.224 e. The second-order valence-electron chi connectivity index (χ2n) is 3.40. The van der Waals surface area contributed by atoms with E-state index in [0.717, 1.165) is 13.0 Å². The van der Waals surface area contributed by atoms with Crippen molar-refractivity contribution in [3.05, 3.63) is 33.6 Å². The summed E-state index contributed by atoms with van der Waals surface area (Å²) < 4.78 is 0. The van der Waals surface area contributed by atoms with E-state index >= 15 is 0 Å². The molecule has 0 aromatic carbocycles. The topological polar surface area (TPSA) is 49.8 Å². The number of thiophene rings is 1. The second-order valence-corrected chi connectivity index (χ2v) is 4.84. The maximum atomic E-state index is 6.00. The summed E-state index contributed by atoms with van der Waals surface area (Å²) in [6, 6.07) is 4.17. The molecule has 0 atom stereocenters. The van der Waals surface area contributed by atoms with Gasteiger partial charge in [-0.1, -0.05) is 17.7 Å². The smallest absolute Gasteiger partial charge is 0.224 e. The summed E-state index contributed by atoms with van der Waals surface area (Å²) in [6.07, 6.45) is 2.56. The molecule has 0 aliphatic heterocycles. The molecule has 2 rings (SSSR count). The van der Waals surface area contributed by atoms with Gasteiger partial charge in [0.2, 0.25) is 5.95 Å². The van der Waals surface area contributed by atoms with Crippen molar-refractivity contribution in [2.45, 2.75) is 6.42 Å². The van der Waals surface area contributed by atoms with Gasteiger partial charge < -0.3 is 10.6 Å². The first-order valence-electron chi connectivity index (χ1n) is 5.26. The third-order valence-electron chi connectivity index (χ3n) is 2.21. The highest BCUT2D eigenvalue weighted by atomic mass is 35.5. The Kier molecular flexibility index (Phi) is 4.17. The Morgan fingerprint density at radius 1 is 1.47 bits per heavy atom. The van der Waals surface area contributed by atoms with E-state index in [9.17, 15) is 0 Å². The van der Waals surface area contributed by atoms with E-state index in [1.807, 2.05) is 0 Å². The molecule has 2 aromatic rings. The van der Waals surface area contributed by atoms with Gasteiger partial charge in [0.25, 0.3) is 0 Å². The minimum atomic E-state index is 0.537. The van der Waals surface area contributed by atoms with Gasteiger partial charge in [-0.05, 0) is 17.9 Å². The van der Waals surface area contributed by atoms with Gasteiger partial charge in [-0.25, -0.2) is 4.98 Å². The van der Waals surface area contributed by atoms with Gasteiger partial charge in [0.05, 0.1) is 6.20 Å². The largest absolute Gasteiger partial charge is 0.368 e. The number of hydrogen-bond donors (Lipinski definition) is 2. The molecule has 0 aliphatic rings. The number of anilines is 2. The average Bonchev–Trinajstić information content (AvgIpc) is 2.84. The van der Waals surface area contributed by atoms with Gasteiger partial charge >= 0.3 is 0 Å². The van der Waals surface area contributed by atoms with Crippen molar-refractivity contribution in [2.75, 3.05) is 24.2 Å². The Balaban J connectivity index is 1.94. The van der Waals surface area contributed by atoms with Crippen molar-refractivity contribution in [2.24, 2.45) is 0 Å². The predicted molar refractivity (Wildman–Crippen MR) is 73.1 cm³/mol. The Morgan fingerprint density at radius 2 is 2.35 bits per heavy atom. The second kappa shape index (κ2) is 5.84. The molecule has 6 heteroatoms. The van der Waals surface area contributed by atoms with Crippen LogP contribution in [0.1, 0.15) is 4.88 Å². The number of hydrogen-bond acceptors (Lipinski definition) is 5. The Hall–Kier alpha value is -1.33.